The second kappa shape index (κ2) is 3.79. The van der Waals surface area contributed by atoms with E-state index in [-0.39, 0.29) is 5.41 Å². The van der Waals surface area contributed by atoms with Crippen LogP contribution in [0.25, 0.3) is 10.8 Å². The standard InChI is InChI=1S/C16H19NO/c1-15(2)7-8-16(18,11-15)14-10-17-9-12-5-3-4-6-13(12)14/h3-6,9-10,18H,7-8,11H2,1-2H3. The summed E-state index contributed by atoms with van der Waals surface area (Å²) >= 11 is 0. The van der Waals surface area contributed by atoms with Gasteiger partial charge in [0.2, 0.25) is 0 Å². The van der Waals surface area contributed by atoms with Crippen LogP contribution in [0.5, 0.6) is 0 Å². The molecular formula is C16H19NO. The molecule has 0 spiro atoms. The van der Waals surface area contributed by atoms with E-state index in [1.807, 2.05) is 24.5 Å². The molecule has 94 valence electrons. The Balaban J connectivity index is 2.15. The van der Waals surface area contributed by atoms with Crippen molar-refractivity contribution in [3.05, 3.63) is 42.2 Å². The molecule has 1 unspecified atom stereocenters. The largest absolute Gasteiger partial charge is 0.385 e. The summed E-state index contributed by atoms with van der Waals surface area (Å²) in [6.45, 7) is 4.45. The molecule has 0 radical (unpaired) electrons. The molecule has 1 aliphatic carbocycles. The number of aromatic nitrogens is 1. The van der Waals surface area contributed by atoms with Crippen LogP contribution in [-0.2, 0) is 5.60 Å². The molecular weight excluding hydrogens is 222 g/mol. The Morgan fingerprint density at radius 3 is 2.61 bits per heavy atom. The van der Waals surface area contributed by atoms with E-state index in [4.69, 9.17) is 0 Å². The van der Waals surface area contributed by atoms with Gasteiger partial charge in [-0.05, 0) is 30.1 Å². The van der Waals surface area contributed by atoms with Crippen molar-refractivity contribution in [2.24, 2.45) is 5.41 Å². The van der Waals surface area contributed by atoms with Gasteiger partial charge in [0.15, 0.2) is 0 Å². The van der Waals surface area contributed by atoms with Gasteiger partial charge in [-0.25, -0.2) is 0 Å². The van der Waals surface area contributed by atoms with E-state index in [0.29, 0.717) is 0 Å². The monoisotopic (exact) mass is 241 g/mol. The Morgan fingerprint density at radius 2 is 1.89 bits per heavy atom. The van der Waals surface area contributed by atoms with Crippen molar-refractivity contribution in [3.8, 4) is 0 Å². The van der Waals surface area contributed by atoms with Crippen LogP contribution in [0.2, 0.25) is 0 Å². The first kappa shape index (κ1) is 11.7. The van der Waals surface area contributed by atoms with E-state index in [9.17, 15) is 5.11 Å². The second-order valence-electron chi connectivity index (χ2n) is 6.28. The normalized spacial score (nSPS) is 26.6. The second-order valence-corrected chi connectivity index (χ2v) is 6.28. The van der Waals surface area contributed by atoms with Crippen LogP contribution >= 0.6 is 0 Å². The van der Waals surface area contributed by atoms with Crippen LogP contribution in [0.15, 0.2) is 36.7 Å². The van der Waals surface area contributed by atoms with Crippen molar-refractivity contribution >= 4 is 10.8 Å². The highest BCUT2D eigenvalue weighted by Crippen LogP contribution is 2.49. The molecule has 0 aliphatic heterocycles. The third kappa shape index (κ3) is 1.81. The first-order valence-electron chi connectivity index (χ1n) is 6.56. The lowest BCUT2D eigenvalue weighted by molar-refractivity contribution is 0.0350. The average Bonchev–Trinajstić information content (AvgIpc) is 2.64. The lowest BCUT2D eigenvalue weighted by atomic mass is 9.85. The predicted octanol–water partition coefficient (Wildman–Crippen LogP) is 3.63. The van der Waals surface area contributed by atoms with Gasteiger partial charge in [0.25, 0.3) is 0 Å². The summed E-state index contributed by atoms with van der Waals surface area (Å²) in [4.78, 5) is 4.29. The number of nitrogens with zero attached hydrogens (tertiary/aromatic N) is 1. The third-order valence-corrected chi connectivity index (χ3v) is 4.16. The molecule has 3 rings (SSSR count). The maximum atomic E-state index is 11.0. The van der Waals surface area contributed by atoms with Crippen LogP contribution in [-0.4, -0.2) is 10.1 Å². The first-order valence-corrected chi connectivity index (χ1v) is 6.56. The van der Waals surface area contributed by atoms with Crippen LogP contribution in [0.3, 0.4) is 0 Å². The molecule has 1 heterocycles. The molecule has 2 nitrogen and oxygen atoms in total. The van der Waals surface area contributed by atoms with Gasteiger partial charge in [0.05, 0.1) is 5.60 Å². The van der Waals surface area contributed by atoms with Crippen molar-refractivity contribution < 1.29 is 5.11 Å². The molecule has 1 N–H and O–H groups in total. The molecule has 0 saturated heterocycles. The number of hydrogen-bond donors (Lipinski definition) is 1. The number of hydrogen-bond acceptors (Lipinski definition) is 2. The molecule has 0 amide bonds. The summed E-state index contributed by atoms with van der Waals surface area (Å²) < 4.78 is 0. The zero-order chi connectivity index (χ0) is 12.8. The zero-order valence-electron chi connectivity index (χ0n) is 11.0. The maximum Gasteiger partial charge on any atom is 0.0922 e. The lowest BCUT2D eigenvalue weighted by Crippen LogP contribution is -2.24. The van der Waals surface area contributed by atoms with Crippen molar-refractivity contribution in [3.63, 3.8) is 0 Å². The molecule has 2 aromatic rings. The van der Waals surface area contributed by atoms with Crippen molar-refractivity contribution in [1.82, 2.24) is 4.98 Å². The molecule has 1 atom stereocenters. The predicted molar refractivity (Wildman–Crippen MR) is 73.3 cm³/mol. The number of aliphatic hydroxyl groups is 1. The van der Waals surface area contributed by atoms with Gasteiger partial charge >= 0.3 is 0 Å². The summed E-state index contributed by atoms with van der Waals surface area (Å²) in [7, 11) is 0. The molecule has 1 saturated carbocycles. The quantitative estimate of drug-likeness (QED) is 0.827. The Hall–Kier alpha value is -1.41. The van der Waals surface area contributed by atoms with Crippen molar-refractivity contribution in [2.45, 2.75) is 38.7 Å². The number of fused-ring (bicyclic) bond motifs is 1. The minimum absolute atomic E-state index is 0.214. The zero-order valence-corrected chi connectivity index (χ0v) is 11.0. The number of benzene rings is 1. The Bertz CT molecular complexity index is 585. The topological polar surface area (TPSA) is 33.1 Å². The maximum absolute atomic E-state index is 11.0. The van der Waals surface area contributed by atoms with E-state index in [0.717, 1.165) is 35.6 Å². The Morgan fingerprint density at radius 1 is 1.11 bits per heavy atom. The highest BCUT2D eigenvalue weighted by atomic mass is 16.3. The highest BCUT2D eigenvalue weighted by Gasteiger charge is 2.43. The van der Waals surface area contributed by atoms with Crippen LogP contribution in [0.4, 0.5) is 0 Å². The van der Waals surface area contributed by atoms with Gasteiger partial charge in [-0.1, -0.05) is 38.1 Å². The van der Waals surface area contributed by atoms with E-state index in [2.05, 4.69) is 31.0 Å². The summed E-state index contributed by atoms with van der Waals surface area (Å²) in [6.07, 6.45) is 6.41. The smallest absolute Gasteiger partial charge is 0.0922 e. The molecule has 1 fully saturated rings. The van der Waals surface area contributed by atoms with Gasteiger partial charge in [-0.15, -0.1) is 0 Å². The van der Waals surface area contributed by atoms with Gasteiger partial charge in [0.1, 0.15) is 0 Å². The summed E-state index contributed by atoms with van der Waals surface area (Å²) in [5, 5.41) is 13.2. The lowest BCUT2D eigenvalue weighted by Gasteiger charge is -2.26. The molecule has 18 heavy (non-hydrogen) atoms. The van der Waals surface area contributed by atoms with E-state index >= 15 is 0 Å². The molecule has 1 aromatic heterocycles. The molecule has 1 aromatic carbocycles. The third-order valence-electron chi connectivity index (χ3n) is 4.16. The SMILES string of the molecule is CC1(C)CCC(O)(c2cncc3ccccc23)C1. The minimum Gasteiger partial charge on any atom is -0.385 e. The fourth-order valence-electron chi connectivity index (χ4n) is 3.23. The van der Waals surface area contributed by atoms with Crippen molar-refractivity contribution in [1.29, 1.82) is 0 Å². The molecule has 0 bridgehead atoms. The van der Waals surface area contributed by atoms with Gasteiger partial charge in [0, 0.05) is 23.3 Å². The summed E-state index contributed by atoms with van der Waals surface area (Å²) in [5.41, 5.74) is 0.495. The average molecular weight is 241 g/mol. The van der Waals surface area contributed by atoms with Crippen molar-refractivity contribution in [2.75, 3.05) is 0 Å². The first-order chi connectivity index (χ1) is 8.50. The van der Waals surface area contributed by atoms with Gasteiger partial charge in [-0.3, -0.25) is 4.98 Å². The van der Waals surface area contributed by atoms with Gasteiger partial charge < -0.3 is 5.11 Å². The van der Waals surface area contributed by atoms with E-state index in [1.165, 1.54) is 0 Å². The minimum atomic E-state index is -0.711. The fraction of sp³-hybridized carbons (Fsp3) is 0.438. The highest BCUT2D eigenvalue weighted by molar-refractivity contribution is 5.85. The summed E-state index contributed by atoms with van der Waals surface area (Å²) in [5.74, 6) is 0. The fourth-order valence-corrected chi connectivity index (χ4v) is 3.23. The molecule has 2 heteroatoms. The summed E-state index contributed by atoms with van der Waals surface area (Å²) in [6, 6.07) is 8.16. The van der Waals surface area contributed by atoms with Crippen LogP contribution < -0.4 is 0 Å². The van der Waals surface area contributed by atoms with E-state index < -0.39 is 5.60 Å². The Labute approximate surface area is 108 Å². The molecule has 1 aliphatic rings. The Kier molecular flexibility index (Phi) is 2.46. The number of rotatable bonds is 1. The number of pyridine rings is 1. The van der Waals surface area contributed by atoms with Gasteiger partial charge in [-0.2, -0.15) is 0 Å². The van der Waals surface area contributed by atoms with E-state index in [1.54, 1.807) is 0 Å². The van der Waals surface area contributed by atoms with Crippen LogP contribution in [0.1, 0.15) is 38.7 Å². The van der Waals surface area contributed by atoms with Crippen LogP contribution in [0, 0.1) is 5.41 Å².